The van der Waals surface area contributed by atoms with Crippen molar-refractivity contribution in [1.82, 2.24) is 10.3 Å². The molecule has 2 N–H and O–H groups in total. The molecule has 0 aromatic carbocycles. The third-order valence-corrected chi connectivity index (χ3v) is 3.69. The molecule has 2 fully saturated rings. The molecule has 1 saturated heterocycles. The van der Waals surface area contributed by atoms with Gasteiger partial charge in [-0.15, -0.1) is 0 Å². The molecule has 1 aliphatic heterocycles. The van der Waals surface area contributed by atoms with E-state index in [4.69, 9.17) is 4.74 Å². The summed E-state index contributed by atoms with van der Waals surface area (Å²) < 4.78 is 5.39. The number of rotatable bonds is 4. The SMILES string of the molecule is O=C(O)c1cnccc1N1CCOCC1C(=O)NC1CC1. The number of aromatic nitrogens is 1. The lowest BCUT2D eigenvalue weighted by Crippen LogP contribution is -2.54. The Hall–Kier alpha value is -2.15. The van der Waals surface area contributed by atoms with Crippen LogP contribution in [0.15, 0.2) is 18.5 Å². The van der Waals surface area contributed by atoms with Crippen molar-refractivity contribution < 1.29 is 19.4 Å². The van der Waals surface area contributed by atoms with Crippen LogP contribution in [0, 0.1) is 0 Å². The molecule has 1 aromatic heterocycles. The first kappa shape index (κ1) is 13.8. The number of nitrogens with one attached hydrogen (secondary N) is 1. The maximum atomic E-state index is 12.3. The molecule has 1 unspecified atom stereocenters. The zero-order chi connectivity index (χ0) is 14.8. The molecule has 7 nitrogen and oxygen atoms in total. The van der Waals surface area contributed by atoms with Crippen LogP contribution in [0.4, 0.5) is 5.69 Å². The summed E-state index contributed by atoms with van der Waals surface area (Å²) in [4.78, 5) is 29.3. The van der Waals surface area contributed by atoms with Gasteiger partial charge >= 0.3 is 5.97 Å². The van der Waals surface area contributed by atoms with Gasteiger partial charge < -0.3 is 20.1 Å². The number of aromatic carboxylic acids is 1. The van der Waals surface area contributed by atoms with Gasteiger partial charge in [-0.1, -0.05) is 0 Å². The number of hydrogen-bond acceptors (Lipinski definition) is 5. The van der Waals surface area contributed by atoms with Crippen molar-refractivity contribution in [2.24, 2.45) is 0 Å². The quantitative estimate of drug-likeness (QED) is 0.827. The molecule has 0 bridgehead atoms. The Labute approximate surface area is 121 Å². The Morgan fingerprint density at radius 1 is 1.43 bits per heavy atom. The van der Waals surface area contributed by atoms with Crippen molar-refractivity contribution in [3.8, 4) is 0 Å². The number of carbonyl (C=O) groups is 2. The predicted molar refractivity (Wildman–Crippen MR) is 74.3 cm³/mol. The summed E-state index contributed by atoms with van der Waals surface area (Å²) in [5.41, 5.74) is 0.611. The van der Waals surface area contributed by atoms with Gasteiger partial charge in [0, 0.05) is 25.0 Å². The molecule has 1 aliphatic carbocycles. The molecule has 7 heteroatoms. The topological polar surface area (TPSA) is 91.8 Å². The summed E-state index contributed by atoms with van der Waals surface area (Å²) in [6.45, 7) is 1.21. The van der Waals surface area contributed by atoms with Crippen LogP contribution in [0.2, 0.25) is 0 Å². The molecule has 112 valence electrons. The average molecular weight is 291 g/mol. The first-order chi connectivity index (χ1) is 10.2. The lowest BCUT2D eigenvalue weighted by molar-refractivity contribution is -0.124. The number of carboxylic acid groups (broad SMARTS) is 1. The highest BCUT2D eigenvalue weighted by Crippen LogP contribution is 2.25. The Bertz CT molecular complexity index is 559. The monoisotopic (exact) mass is 291 g/mol. The first-order valence-corrected chi connectivity index (χ1v) is 6.99. The van der Waals surface area contributed by atoms with Crippen molar-refractivity contribution in [2.45, 2.75) is 24.9 Å². The molecule has 1 aromatic rings. The zero-order valence-electron chi connectivity index (χ0n) is 11.5. The van der Waals surface area contributed by atoms with Crippen LogP contribution in [-0.2, 0) is 9.53 Å². The van der Waals surface area contributed by atoms with E-state index in [2.05, 4.69) is 10.3 Å². The van der Waals surface area contributed by atoms with E-state index in [-0.39, 0.29) is 24.1 Å². The van der Waals surface area contributed by atoms with Gasteiger partial charge in [0.05, 0.1) is 18.9 Å². The number of ether oxygens (including phenoxy) is 1. The Balaban J connectivity index is 1.86. The third-order valence-electron chi connectivity index (χ3n) is 3.69. The maximum absolute atomic E-state index is 12.3. The van der Waals surface area contributed by atoms with Crippen LogP contribution in [0.5, 0.6) is 0 Å². The lowest BCUT2D eigenvalue weighted by Gasteiger charge is -2.36. The summed E-state index contributed by atoms with van der Waals surface area (Å²) in [6, 6.07) is 1.39. The minimum absolute atomic E-state index is 0.101. The number of pyridine rings is 1. The van der Waals surface area contributed by atoms with Gasteiger partial charge in [-0.2, -0.15) is 0 Å². The smallest absolute Gasteiger partial charge is 0.339 e. The first-order valence-electron chi connectivity index (χ1n) is 6.99. The van der Waals surface area contributed by atoms with Crippen LogP contribution in [0.1, 0.15) is 23.2 Å². The fourth-order valence-electron chi connectivity index (χ4n) is 2.44. The highest BCUT2D eigenvalue weighted by atomic mass is 16.5. The van der Waals surface area contributed by atoms with Gasteiger partial charge in [0.2, 0.25) is 5.91 Å². The minimum atomic E-state index is -1.05. The van der Waals surface area contributed by atoms with Crippen molar-refractivity contribution in [3.05, 3.63) is 24.0 Å². The van der Waals surface area contributed by atoms with Crippen LogP contribution < -0.4 is 10.2 Å². The third kappa shape index (κ3) is 2.97. The van der Waals surface area contributed by atoms with Crippen LogP contribution in [0.3, 0.4) is 0 Å². The number of hydrogen-bond donors (Lipinski definition) is 2. The van der Waals surface area contributed by atoms with Crippen molar-refractivity contribution in [2.75, 3.05) is 24.7 Å². The summed E-state index contributed by atoms with van der Waals surface area (Å²) >= 11 is 0. The molecule has 0 spiro atoms. The maximum Gasteiger partial charge on any atom is 0.339 e. The standard InChI is InChI=1S/C14H17N3O4/c18-13(16-9-1-2-9)12-8-21-6-5-17(12)11-3-4-15-7-10(11)14(19)20/h3-4,7,9,12H,1-2,5-6,8H2,(H,16,18)(H,19,20). The fraction of sp³-hybridized carbons (Fsp3) is 0.500. The molecule has 1 amide bonds. The normalized spacial score (nSPS) is 21.9. The Kier molecular flexibility index (Phi) is 3.74. The zero-order valence-corrected chi connectivity index (χ0v) is 11.5. The van der Waals surface area contributed by atoms with E-state index in [1.54, 1.807) is 11.0 Å². The second-order valence-electron chi connectivity index (χ2n) is 5.26. The van der Waals surface area contributed by atoms with E-state index in [0.717, 1.165) is 12.8 Å². The van der Waals surface area contributed by atoms with E-state index >= 15 is 0 Å². The van der Waals surface area contributed by atoms with E-state index in [0.29, 0.717) is 18.8 Å². The highest BCUT2D eigenvalue weighted by molar-refractivity contribution is 5.95. The summed E-state index contributed by atoms with van der Waals surface area (Å²) in [7, 11) is 0. The second-order valence-corrected chi connectivity index (χ2v) is 5.26. The summed E-state index contributed by atoms with van der Waals surface area (Å²) in [5, 5.41) is 12.2. The summed E-state index contributed by atoms with van der Waals surface area (Å²) in [5.74, 6) is -1.16. The number of anilines is 1. The predicted octanol–water partition coefficient (Wildman–Crippen LogP) is 0.264. The van der Waals surface area contributed by atoms with Gasteiger partial charge in [0.25, 0.3) is 0 Å². The molecular weight excluding hydrogens is 274 g/mol. The van der Waals surface area contributed by atoms with Gasteiger partial charge in [-0.05, 0) is 18.9 Å². The molecule has 0 radical (unpaired) electrons. The van der Waals surface area contributed by atoms with Crippen LogP contribution in [-0.4, -0.2) is 53.8 Å². The molecule has 2 aliphatic rings. The van der Waals surface area contributed by atoms with Gasteiger partial charge in [0.1, 0.15) is 11.6 Å². The molecule has 3 rings (SSSR count). The Morgan fingerprint density at radius 3 is 2.95 bits per heavy atom. The molecule has 1 saturated carbocycles. The van der Waals surface area contributed by atoms with E-state index in [1.807, 2.05) is 0 Å². The van der Waals surface area contributed by atoms with E-state index < -0.39 is 12.0 Å². The number of carbonyl (C=O) groups excluding carboxylic acids is 1. The number of amides is 1. The number of morpholine rings is 1. The number of nitrogens with zero attached hydrogens (tertiary/aromatic N) is 2. The average Bonchev–Trinajstić information content (AvgIpc) is 3.31. The minimum Gasteiger partial charge on any atom is -0.478 e. The summed E-state index contributed by atoms with van der Waals surface area (Å²) in [6.07, 6.45) is 4.86. The largest absolute Gasteiger partial charge is 0.478 e. The Morgan fingerprint density at radius 2 is 2.24 bits per heavy atom. The van der Waals surface area contributed by atoms with Gasteiger partial charge in [-0.25, -0.2) is 4.79 Å². The van der Waals surface area contributed by atoms with E-state index in [1.165, 1.54) is 12.4 Å². The second kappa shape index (κ2) is 5.69. The van der Waals surface area contributed by atoms with Crippen molar-refractivity contribution in [1.29, 1.82) is 0 Å². The molecule has 1 atom stereocenters. The highest BCUT2D eigenvalue weighted by Gasteiger charge is 2.34. The van der Waals surface area contributed by atoms with Gasteiger partial charge in [-0.3, -0.25) is 9.78 Å². The molecule has 21 heavy (non-hydrogen) atoms. The lowest BCUT2D eigenvalue weighted by atomic mass is 10.1. The number of carboxylic acids is 1. The molecule has 2 heterocycles. The van der Waals surface area contributed by atoms with Crippen LogP contribution >= 0.6 is 0 Å². The van der Waals surface area contributed by atoms with Crippen molar-refractivity contribution >= 4 is 17.6 Å². The molecular formula is C14H17N3O4. The van der Waals surface area contributed by atoms with Crippen molar-refractivity contribution in [3.63, 3.8) is 0 Å². The van der Waals surface area contributed by atoms with Gasteiger partial charge in [0.15, 0.2) is 0 Å². The fourth-order valence-corrected chi connectivity index (χ4v) is 2.44. The van der Waals surface area contributed by atoms with Crippen LogP contribution in [0.25, 0.3) is 0 Å². The van der Waals surface area contributed by atoms with E-state index in [9.17, 15) is 14.7 Å².